The number of aryl methyl sites for hydroxylation is 3. The summed E-state index contributed by atoms with van der Waals surface area (Å²) in [6.07, 6.45) is 1.98. The number of fused-ring (bicyclic) bond motifs is 3. The van der Waals surface area contributed by atoms with Gasteiger partial charge in [0.05, 0.1) is 15.6 Å². The standard InChI is InChI=1S/C17H14N2OS2/c1-9-4-5-21-14(9)8-15-16(20)19-13-7-11(3)10(2)6-12(13)18-17(19)22-15/h4-8H,1-3H3/b15-8-. The average Bonchev–Trinajstić information content (AvgIpc) is 3.10. The maximum atomic E-state index is 12.7. The smallest absolute Gasteiger partial charge is 0.267 e. The number of rotatable bonds is 1. The molecule has 0 aliphatic carbocycles. The molecule has 3 nitrogen and oxygen atoms in total. The quantitative estimate of drug-likeness (QED) is 0.537. The number of thiophene rings is 1. The van der Waals surface area contributed by atoms with Gasteiger partial charge in [-0.1, -0.05) is 11.3 Å². The van der Waals surface area contributed by atoms with Crippen LogP contribution in [0.2, 0.25) is 0 Å². The van der Waals surface area contributed by atoms with Gasteiger partial charge >= 0.3 is 0 Å². The molecule has 0 saturated carbocycles. The summed E-state index contributed by atoms with van der Waals surface area (Å²) in [6.45, 7) is 6.19. The second-order valence-corrected chi connectivity index (χ2v) is 7.50. The summed E-state index contributed by atoms with van der Waals surface area (Å²) >= 11 is 3.11. The van der Waals surface area contributed by atoms with Crippen molar-refractivity contribution in [2.24, 2.45) is 0 Å². The number of hydrogen-bond donors (Lipinski definition) is 0. The van der Waals surface area contributed by atoms with Crippen LogP contribution in [0.25, 0.3) is 22.1 Å². The topological polar surface area (TPSA) is 34.4 Å². The maximum absolute atomic E-state index is 12.7. The first-order valence-electron chi connectivity index (χ1n) is 7.02. The third-order valence-corrected chi connectivity index (χ3v) is 5.95. The monoisotopic (exact) mass is 326 g/mol. The molecule has 4 rings (SSSR count). The molecule has 5 heteroatoms. The lowest BCUT2D eigenvalue weighted by Crippen LogP contribution is -2.22. The van der Waals surface area contributed by atoms with Crippen molar-refractivity contribution in [1.82, 2.24) is 9.38 Å². The van der Waals surface area contributed by atoms with E-state index in [2.05, 4.69) is 44.0 Å². The molecular weight excluding hydrogens is 312 g/mol. The fraction of sp³-hybridized carbons (Fsp3) is 0.176. The van der Waals surface area contributed by atoms with Gasteiger partial charge in [0.2, 0.25) is 0 Å². The Morgan fingerprint density at radius 2 is 1.91 bits per heavy atom. The zero-order chi connectivity index (χ0) is 15.4. The minimum absolute atomic E-state index is 0.0264. The third-order valence-electron chi connectivity index (χ3n) is 4.02. The van der Waals surface area contributed by atoms with Crippen molar-refractivity contribution in [3.05, 3.63) is 60.0 Å². The van der Waals surface area contributed by atoms with Gasteiger partial charge in [-0.25, -0.2) is 9.38 Å². The fourth-order valence-corrected chi connectivity index (χ4v) is 4.47. The highest BCUT2D eigenvalue weighted by Crippen LogP contribution is 2.21. The Kier molecular flexibility index (Phi) is 2.96. The van der Waals surface area contributed by atoms with E-state index in [-0.39, 0.29) is 5.56 Å². The molecule has 110 valence electrons. The first-order chi connectivity index (χ1) is 10.5. The van der Waals surface area contributed by atoms with Gasteiger partial charge in [-0.2, -0.15) is 0 Å². The van der Waals surface area contributed by atoms with Crippen LogP contribution in [0.3, 0.4) is 0 Å². The summed E-state index contributed by atoms with van der Waals surface area (Å²) in [5.74, 6) is 0. The fourth-order valence-electron chi connectivity index (χ4n) is 2.57. The van der Waals surface area contributed by atoms with E-state index in [1.807, 2.05) is 11.5 Å². The predicted molar refractivity (Wildman–Crippen MR) is 94.2 cm³/mol. The molecule has 1 aromatic carbocycles. The van der Waals surface area contributed by atoms with Crippen molar-refractivity contribution >= 4 is 44.7 Å². The first-order valence-corrected chi connectivity index (χ1v) is 8.72. The molecular formula is C17H14N2OS2. The lowest BCUT2D eigenvalue weighted by atomic mass is 10.1. The second kappa shape index (κ2) is 4.76. The highest BCUT2D eigenvalue weighted by atomic mass is 32.1. The molecule has 0 spiro atoms. The summed E-state index contributed by atoms with van der Waals surface area (Å²) < 4.78 is 2.48. The van der Waals surface area contributed by atoms with Crippen LogP contribution >= 0.6 is 22.7 Å². The Hall–Kier alpha value is -1.98. The summed E-state index contributed by atoms with van der Waals surface area (Å²) in [5, 5.41) is 2.05. The minimum atomic E-state index is 0.0264. The van der Waals surface area contributed by atoms with E-state index < -0.39 is 0 Å². The predicted octanol–water partition coefficient (Wildman–Crippen LogP) is 3.44. The molecule has 0 radical (unpaired) electrons. The van der Waals surface area contributed by atoms with Gasteiger partial charge in [0.1, 0.15) is 0 Å². The highest BCUT2D eigenvalue weighted by Gasteiger charge is 2.12. The van der Waals surface area contributed by atoms with Crippen molar-refractivity contribution in [2.75, 3.05) is 0 Å². The van der Waals surface area contributed by atoms with Gasteiger partial charge in [-0.15, -0.1) is 11.3 Å². The number of imidazole rings is 1. The van der Waals surface area contributed by atoms with Crippen LogP contribution in [-0.2, 0) is 0 Å². The largest absolute Gasteiger partial charge is 0.274 e. The molecule has 0 aliphatic heterocycles. The van der Waals surface area contributed by atoms with Crippen LogP contribution in [0.5, 0.6) is 0 Å². The Bertz CT molecular complexity index is 1130. The van der Waals surface area contributed by atoms with E-state index in [0.717, 1.165) is 25.4 Å². The van der Waals surface area contributed by atoms with Crippen molar-refractivity contribution in [1.29, 1.82) is 0 Å². The normalized spacial score (nSPS) is 12.8. The zero-order valence-electron chi connectivity index (χ0n) is 12.5. The van der Waals surface area contributed by atoms with E-state index in [1.165, 1.54) is 28.0 Å². The van der Waals surface area contributed by atoms with Crippen LogP contribution in [0.4, 0.5) is 0 Å². The first kappa shape index (κ1) is 13.7. The Morgan fingerprint density at radius 3 is 2.64 bits per heavy atom. The molecule has 4 aromatic rings. The van der Waals surface area contributed by atoms with Gasteiger partial charge in [-0.3, -0.25) is 4.79 Å². The van der Waals surface area contributed by atoms with Gasteiger partial charge in [0.25, 0.3) is 5.56 Å². The maximum Gasteiger partial charge on any atom is 0.274 e. The van der Waals surface area contributed by atoms with Gasteiger partial charge in [0, 0.05) is 4.88 Å². The summed E-state index contributed by atoms with van der Waals surface area (Å²) in [4.78, 5) is 19.3. The third kappa shape index (κ3) is 1.93. The summed E-state index contributed by atoms with van der Waals surface area (Å²) in [6, 6.07) is 6.18. The number of aromatic nitrogens is 2. The molecule has 0 N–H and O–H groups in total. The number of benzene rings is 1. The average molecular weight is 326 g/mol. The zero-order valence-corrected chi connectivity index (χ0v) is 14.1. The molecule has 0 amide bonds. The van der Waals surface area contributed by atoms with E-state index in [9.17, 15) is 4.79 Å². The van der Waals surface area contributed by atoms with Crippen LogP contribution < -0.4 is 10.1 Å². The molecule has 22 heavy (non-hydrogen) atoms. The molecule has 0 atom stereocenters. The summed E-state index contributed by atoms with van der Waals surface area (Å²) in [5.41, 5.74) is 5.41. The molecule has 3 heterocycles. The van der Waals surface area contributed by atoms with Gasteiger partial charge in [0.15, 0.2) is 4.96 Å². The van der Waals surface area contributed by atoms with Crippen molar-refractivity contribution in [3.8, 4) is 0 Å². The lowest BCUT2D eigenvalue weighted by Gasteiger charge is -1.98. The number of thiazole rings is 1. The van der Waals surface area contributed by atoms with Gasteiger partial charge in [-0.05, 0) is 67.1 Å². The van der Waals surface area contributed by atoms with Crippen LogP contribution in [0, 0.1) is 20.8 Å². The molecule has 0 saturated heterocycles. The van der Waals surface area contributed by atoms with E-state index in [0.29, 0.717) is 0 Å². The SMILES string of the molecule is Cc1cc2nc3s/c(=C\c4sccc4C)c(=O)n3c2cc1C. The van der Waals surface area contributed by atoms with Crippen molar-refractivity contribution in [2.45, 2.75) is 20.8 Å². The number of nitrogens with zero attached hydrogens (tertiary/aromatic N) is 2. The van der Waals surface area contributed by atoms with Crippen molar-refractivity contribution < 1.29 is 0 Å². The second-order valence-electron chi connectivity index (χ2n) is 5.54. The number of hydrogen-bond acceptors (Lipinski definition) is 4. The highest BCUT2D eigenvalue weighted by molar-refractivity contribution is 7.15. The van der Waals surface area contributed by atoms with E-state index in [1.54, 1.807) is 15.7 Å². The summed E-state index contributed by atoms with van der Waals surface area (Å²) in [7, 11) is 0. The van der Waals surface area contributed by atoms with Gasteiger partial charge < -0.3 is 0 Å². The van der Waals surface area contributed by atoms with Crippen LogP contribution in [0.1, 0.15) is 21.6 Å². The molecule has 3 aromatic heterocycles. The Balaban J connectivity index is 2.07. The van der Waals surface area contributed by atoms with E-state index in [4.69, 9.17) is 0 Å². The van der Waals surface area contributed by atoms with Crippen molar-refractivity contribution in [3.63, 3.8) is 0 Å². The Labute approximate surface area is 135 Å². The van der Waals surface area contributed by atoms with Crippen LogP contribution in [-0.4, -0.2) is 9.38 Å². The molecule has 0 aliphatic rings. The minimum Gasteiger partial charge on any atom is -0.267 e. The molecule has 0 bridgehead atoms. The van der Waals surface area contributed by atoms with Crippen LogP contribution in [0.15, 0.2) is 28.4 Å². The molecule has 0 fully saturated rings. The van der Waals surface area contributed by atoms with E-state index >= 15 is 0 Å². The molecule has 0 unspecified atom stereocenters. The lowest BCUT2D eigenvalue weighted by molar-refractivity contribution is 1.18. The Morgan fingerprint density at radius 1 is 1.14 bits per heavy atom.